The van der Waals surface area contributed by atoms with E-state index in [2.05, 4.69) is 19.1 Å². The molecule has 0 heterocycles. The molecule has 0 aromatic rings. The molecular weight excluding hydrogens is 242 g/mol. The lowest BCUT2D eigenvalue weighted by Crippen LogP contribution is -2.53. The van der Waals surface area contributed by atoms with Gasteiger partial charge >= 0.3 is 0 Å². The van der Waals surface area contributed by atoms with Gasteiger partial charge in [-0.1, -0.05) is 25.5 Å². The largest absolute Gasteiger partial charge is 0.330 e. The van der Waals surface area contributed by atoms with Crippen LogP contribution in [0.25, 0.3) is 0 Å². The van der Waals surface area contributed by atoms with Gasteiger partial charge in [0.05, 0.1) is 0 Å². The molecule has 4 aliphatic carbocycles. The van der Waals surface area contributed by atoms with Gasteiger partial charge in [0.25, 0.3) is 0 Å². The van der Waals surface area contributed by atoms with Crippen molar-refractivity contribution in [1.29, 1.82) is 0 Å². The lowest BCUT2D eigenvalue weighted by Gasteiger charge is -2.59. The van der Waals surface area contributed by atoms with Crippen LogP contribution in [0.2, 0.25) is 0 Å². The minimum absolute atomic E-state index is 0.518. The van der Waals surface area contributed by atoms with Crippen LogP contribution in [-0.2, 0) is 0 Å². The zero-order chi connectivity index (χ0) is 13.8. The number of hydrogen-bond acceptors (Lipinski definition) is 1. The molecule has 6 atom stereocenters. The van der Waals surface area contributed by atoms with Gasteiger partial charge in [-0.2, -0.15) is 0 Å². The predicted molar refractivity (Wildman–Crippen MR) is 84.2 cm³/mol. The lowest BCUT2D eigenvalue weighted by molar-refractivity contribution is -0.0707. The Balaban J connectivity index is 1.67. The summed E-state index contributed by atoms with van der Waals surface area (Å²) in [5.74, 6) is 3.87. The number of allylic oxidation sites excluding steroid dienone is 2. The topological polar surface area (TPSA) is 26.0 Å². The van der Waals surface area contributed by atoms with Crippen LogP contribution in [0.4, 0.5) is 0 Å². The van der Waals surface area contributed by atoms with Gasteiger partial charge in [0, 0.05) is 0 Å². The minimum Gasteiger partial charge on any atom is -0.330 e. The molecule has 1 unspecified atom stereocenters. The second kappa shape index (κ2) is 4.60. The van der Waals surface area contributed by atoms with E-state index in [1.165, 1.54) is 57.8 Å². The summed E-state index contributed by atoms with van der Waals surface area (Å²) >= 11 is 0. The molecule has 0 aliphatic heterocycles. The molecule has 0 aromatic heterocycles. The van der Waals surface area contributed by atoms with Gasteiger partial charge < -0.3 is 5.73 Å². The first-order chi connectivity index (χ1) is 9.70. The summed E-state index contributed by atoms with van der Waals surface area (Å²) in [5, 5.41) is 0. The Kier molecular flexibility index (Phi) is 3.07. The molecule has 0 aromatic carbocycles. The molecule has 112 valence electrons. The fraction of sp³-hybridized carbons (Fsp3) is 0.895. The maximum absolute atomic E-state index is 6.25. The average Bonchev–Trinajstić information content (AvgIpc) is 2.91. The Labute approximate surface area is 124 Å². The van der Waals surface area contributed by atoms with Gasteiger partial charge in [-0.15, -0.1) is 0 Å². The summed E-state index contributed by atoms with van der Waals surface area (Å²) in [4.78, 5) is 0. The smallest absolute Gasteiger partial charge is 0.00178 e. The second-order valence-electron chi connectivity index (χ2n) is 8.49. The highest BCUT2D eigenvalue weighted by atomic mass is 14.7. The Hall–Kier alpha value is -0.300. The predicted octanol–water partition coefficient (Wildman–Crippen LogP) is 4.52. The molecule has 4 aliphatic rings. The van der Waals surface area contributed by atoms with Crippen LogP contribution in [0, 0.1) is 34.5 Å². The molecule has 3 fully saturated rings. The number of rotatable bonds is 1. The van der Waals surface area contributed by atoms with Crippen molar-refractivity contribution in [2.75, 3.05) is 6.54 Å². The summed E-state index contributed by atoms with van der Waals surface area (Å²) < 4.78 is 0. The van der Waals surface area contributed by atoms with Crippen LogP contribution < -0.4 is 5.73 Å². The molecule has 1 heteroatoms. The second-order valence-corrected chi connectivity index (χ2v) is 8.49. The van der Waals surface area contributed by atoms with E-state index in [4.69, 9.17) is 5.73 Å². The number of hydrogen-bond donors (Lipinski definition) is 1. The summed E-state index contributed by atoms with van der Waals surface area (Å²) in [7, 11) is 0. The lowest BCUT2D eigenvalue weighted by atomic mass is 9.46. The normalized spacial score (nSPS) is 54.1. The first-order valence-electron chi connectivity index (χ1n) is 9.07. The summed E-state index contributed by atoms with van der Waals surface area (Å²) in [6.45, 7) is 3.55. The first-order valence-corrected chi connectivity index (χ1v) is 9.07. The quantitative estimate of drug-likeness (QED) is 0.698. The fourth-order valence-electron chi connectivity index (χ4n) is 6.97. The van der Waals surface area contributed by atoms with E-state index in [0.717, 1.165) is 30.2 Å². The van der Waals surface area contributed by atoms with E-state index < -0.39 is 0 Å². The van der Waals surface area contributed by atoms with Crippen molar-refractivity contribution in [2.45, 2.75) is 64.7 Å². The molecule has 0 spiro atoms. The highest BCUT2D eigenvalue weighted by molar-refractivity contribution is 5.15. The monoisotopic (exact) mass is 273 g/mol. The van der Waals surface area contributed by atoms with E-state index >= 15 is 0 Å². The van der Waals surface area contributed by atoms with E-state index in [0.29, 0.717) is 10.8 Å². The molecule has 2 N–H and O–H groups in total. The average molecular weight is 273 g/mol. The molecular formula is C19H31N. The minimum atomic E-state index is 0.518. The van der Waals surface area contributed by atoms with Gasteiger partial charge in [-0.3, -0.25) is 0 Å². The molecule has 0 amide bonds. The van der Waals surface area contributed by atoms with Gasteiger partial charge in [-0.25, -0.2) is 0 Å². The van der Waals surface area contributed by atoms with E-state index in [9.17, 15) is 0 Å². The van der Waals surface area contributed by atoms with Crippen molar-refractivity contribution in [1.82, 2.24) is 0 Å². The highest BCUT2D eigenvalue weighted by Gasteiger charge is 2.57. The van der Waals surface area contributed by atoms with Crippen LogP contribution in [-0.4, -0.2) is 6.54 Å². The summed E-state index contributed by atoms with van der Waals surface area (Å²) in [5.41, 5.74) is 7.31. The van der Waals surface area contributed by atoms with Gasteiger partial charge in [0.15, 0.2) is 0 Å². The maximum atomic E-state index is 6.25. The molecule has 0 radical (unpaired) electrons. The van der Waals surface area contributed by atoms with Gasteiger partial charge in [0.1, 0.15) is 0 Å². The molecule has 1 nitrogen and oxygen atoms in total. The third-order valence-corrected chi connectivity index (χ3v) is 8.06. The molecule has 0 saturated heterocycles. The number of nitrogens with two attached hydrogens (primary N) is 1. The van der Waals surface area contributed by atoms with Crippen LogP contribution in [0.3, 0.4) is 0 Å². The first kappa shape index (κ1) is 13.4. The van der Waals surface area contributed by atoms with Crippen molar-refractivity contribution >= 4 is 0 Å². The SMILES string of the molecule is C[C@]12C=CCCC1CC[C@H]1[C@@H]3CCC[C@@]3(CN)CC[C@@H]12. The van der Waals surface area contributed by atoms with Crippen molar-refractivity contribution in [2.24, 2.45) is 40.2 Å². The van der Waals surface area contributed by atoms with E-state index in [1.54, 1.807) is 0 Å². The van der Waals surface area contributed by atoms with Gasteiger partial charge in [0.2, 0.25) is 0 Å². The van der Waals surface area contributed by atoms with E-state index in [-0.39, 0.29) is 0 Å². The van der Waals surface area contributed by atoms with Crippen LogP contribution >= 0.6 is 0 Å². The van der Waals surface area contributed by atoms with Gasteiger partial charge in [-0.05, 0) is 92.4 Å². The third-order valence-electron chi connectivity index (χ3n) is 8.06. The Morgan fingerprint density at radius 1 is 1.05 bits per heavy atom. The standard InChI is InChI=1S/C19H31N/c1-18-10-3-2-5-14(18)7-8-15-16(18)9-12-19(13-20)11-4-6-17(15)19/h3,10,14-17H,2,4-9,11-13,20H2,1H3/t14?,15-,16+,17+,18+,19+/m1/s1. The van der Waals surface area contributed by atoms with Crippen molar-refractivity contribution in [3.05, 3.63) is 12.2 Å². The summed E-state index contributed by atoms with van der Waals surface area (Å²) in [6.07, 6.45) is 18.1. The fourth-order valence-corrected chi connectivity index (χ4v) is 6.97. The van der Waals surface area contributed by atoms with Crippen LogP contribution in [0.1, 0.15) is 64.7 Å². The number of fused-ring (bicyclic) bond motifs is 5. The Morgan fingerprint density at radius 2 is 1.95 bits per heavy atom. The Morgan fingerprint density at radius 3 is 2.80 bits per heavy atom. The van der Waals surface area contributed by atoms with Crippen LogP contribution in [0.5, 0.6) is 0 Å². The van der Waals surface area contributed by atoms with Crippen molar-refractivity contribution < 1.29 is 0 Å². The zero-order valence-electron chi connectivity index (χ0n) is 13.1. The molecule has 0 bridgehead atoms. The zero-order valence-corrected chi connectivity index (χ0v) is 13.1. The highest BCUT2D eigenvalue weighted by Crippen LogP contribution is 2.65. The maximum Gasteiger partial charge on any atom is -0.00178 e. The molecule has 4 rings (SSSR count). The Bertz CT molecular complexity index is 414. The molecule has 20 heavy (non-hydrogen) atoms. The van der Waals surface area contributed by atoms with Crippen LogP contribution in [0.15, 0.2) is 12.2 Å². The van der Waals surface area contributed by atoms with Crippen molar-refractivity contribution in [3.63, 3.8) is 0 Å². The molecule has 3 saturated carbocycles. The van der Waals surface area contributed by atoms with E-state index in [1.807, 2.05) is 0 Å². The third kappa shape index (κ3) is 1.65. The summed E-state index contributed by atoms with van der Waals surface area (Å²) in [6, 6.07) is 0. The van der Waals surface area contributed by atoms with Crippen molar-refractivity contribution in [3.8, 4) is 0 Å².